The van der Waals surface area contributed by atoms with E-state index in [1.165, 1.54) is 19.3 Å². The molecule has 2 nitrogen and oxygen atoms in total. The molecule has 0 bridgehead atoms. The van der Waals surface area contributed by atoms with E-state index in [9.17, 15) is 5.11 Å². The van der Waals surface area contributed by atoms with Gasteiger partial charge >= 0.3 is 0 Å². The number of hydrogen-bond donors (Lipinski definition) is 1. The highest BCUT2D eigenvalue weighted by molar-refractivity contribution is 4.82. The molecule has 0 saturated carbocycles. The van der Waals surface area contributed by atoms with Gasteiger partial charge in [-0.15, -0.1) is 0 Å². The normalized spacial score (nSPS) is 32.6. The molecule has 1 saturated heterocycles. The Morgan fingerprint density at radius 2 is 1.80 bits per heavy atom. The van der Waals surface area contributed by atoms with Crippen LogP contribution in [0.15, 0.2) is 0 Å². The minimum absolute atomic E-state index is 0.155. The van der Waals surface area contributed by atoms with E-state index in [-0.39, 0.29) is 6.10 Å². The predicted octanol–water partition coefficient (Wildman–Crippen LogP) is 2.66. The van der Waals surface area contributed by atoms with Crippen LogP contribution in [-0.4, -0.2) is 34.7 Å². The molecule has 0 aromatic carbocycles. The number of hydrogen-bond acceptors (Lipinski definition) is 2. The maximum atomic E-state index is 10.1. The van der Waals surface area contributed by atoms with Gasteiger partial charge in [0, 0.05) is 18.6 Å². The van der Waals surface area contributed by atoms with Crippen LogP contribution in [0, 0.1) is 5.92 Å². The van der Waals surface area contributed by atoms with E-state index in [2.05, 4.69) is 32.6 Å². The molecule has 1 aliphatic rings. The van der Waals surface area contributed by atoms with Crippen LogP contribution in [-0.2, 0) is 0 Å². The Hall–Kier alpha value is -0.0800. The van der Waals surface area contributed by atoms with Crippen LogP contribution in [0.25, 0.3) is 0 Å². The van der Waals surface area contributed by atoms with Gasteiger partial charge in [0.15, 0.2) is 0 Å². The lowest BCUT2D eigenvalue weighted by Gasteiger charge is -2.40. The summed E-state index contributed by atoms with van der Waals surface area (Å²) in [4.78, 5) is 2.49. The van der Waals surface area contributed by atoms with Crippen molar-refractivity contribution in [3.63, 3.8) is 0 Å². The molecule has 4 unspecified atom stereocenters. The third-order valence-electron chi connectivity index (χ3n) is 4.07. The molecule has 1 fully saturated rings. The summed E-state index contributed by atoms with van der Waals surface area (Å²) in [5.74, 6) is 0.423. The van der Waals surface area contributed by atoms with Crippen LogP contribution in [0.3, 0.4) is 0 Å². The van der Waals surface area contributed by atoms with Gasteiger partial charge in [-0.3, -0.25) is 4.90 Å². The maximum Gasteiger partial charge on any atom is 0.0692 e. The summed E-state index contributed by atoms with van der Waals surface area (Å²) in [6.45, 7) is 9.73. The minimum atomic E-state index is -0.155. The molecule has 0 radical (unpaired) electrons. The van der Waals surface area contributed by atoms with E-state index >= 15 is 0 Å². The van der Waals surface area contributed by atoms with E-state index in [1.807, 2.05) is 0 Å². The highest BCUT2D eigenvalue weighted by Gasteiger charge is 2.27. The van der Waals surface area contributed by atoms with E-state index < -0.39 is 0 Å². The molecule has 0 amide bonds. The lowest BCUT2D eigenvalue weighted by Crippen LogP contribution is -2.48. The van der Waals surface area contributed by atoms with Gasteiger partial charge in [0.1, 0.15) is 0 Å². The summed E-state index contributed by atoms with van der Waals surface area (Å²) in [5.41, 5.74) is 0. The number of β-amino-alcohol motifs (C(OH)–C–C–N with tert-alkyl or cyclic N) is 1. The molecule has 15 heavy (non-hydrogen) atoms. The Morgan fingerprint density at radius 1 is 1.27 bits per heavy atom. The Bertz CT molecular complexity index is 173. The molecule has 1 aliphatic heterocycles. The van der Waals surface area contributed by atoms with Crippen molar-refractivity contribution in [2.45, 2.75) is 71.6 Å². The quantitative estimate of drug-likeness (QED) is 0.776. The van der Waals surface area contributed by atoms with Gasteiger partial charge in [0.25, 0.3) is 0 Å². The van der Waals surface area contributed by atoms with Crippen molar-refractivity contribution in [2.75, 3.05) is 6.54 Å². The van der Waals surface area contributed by atoms with Gasteiger partial charge in [0.2, 0.25) is 0 Å². The number of aliphatic hydroxyl groups is 1. The van der Waals surface area contributed by atoms with E-state index in [4.69, 9.17) is 0 Å². The molecule has 0 aromatic rings. The van der Waals surface area contributed by atoms with E-state index in [0.717, 1.165) is 13.0 Å². The third-order valence-corrected chi connectivity index (χ3v) is 4.07. The Kier molecular flexibility index (Phi) is 5.07. The molecule has 0 aromatic heterocycles. The number of piperidine rings is 1. The zero-order valence-corrected chi connectivity index (χ0v) is 10.7. The molecule has 1 heterocycles. The van der Waals surface area contributed by atoms with Gasteiger partial charge in [-0.1, -0.05) is 26.7 Å². The molecule has 4 atom stereocenters. The van der Waals surface area contributed by atoms with Crippen molar-refractivity contribution >= 4 is 0 Å². The summed E-state index contributed by atoms with van der Waals surface area (Å²) in [5, 5.41) is 10.1. The SMILES string of the molecule is CCC(C)C(O)CN1C(C)CCCC1C. The van der Waals surface area contributed by atoms with Crippen molar-refractivity contribution in [1.82, 2.24) is 4.90 Å². The molecular formula is C13H27NO. The molecular weight excluding hydrogens is 186 g/mol. The number of nitrogens with zero attached hydrogens (tertiary/aromatic N) is 1. The number of aliphatic hydroxyl groups excluding tert-OH is 1. The average Bonchev–Trinajstić information content (AvgIpc) is 2.22. The van der Waals surface area contributed by atoms with Crippen molar-refractivity contribution in [3.05, 3.63) is 0 Å². The van der Waals surface area contributed by atoms with Crippen LogP contribution in [0.5, 0.6) is 0 Å². The summed E-state index contributed by atoms with van der Waals surface area (Å²) < 4.78 is 0. The molecule has 90 valence electrons. The van der Waals surface area contributed by atoms with Gasteiger partial charge in [-0.05, 0) is 32.6 Å². The number of rotatable bonds is 4. The fraction of sp³-hybridized carbons (Fsp3) is 1.00. The maximum absolute atomic E-state index is 10.1. The van der Waals surface area contributed by atoms with Gasteiger partial charge < -0.3 is 5.11 Å². The molecule has 1 N–H and O–H groups in total. The topological polar surface area (TPSA) is 23.5 Å². The first-order valence-corrected chi connectivity index (χ1v) is 6.50. The van der Waals surface area contributed by atoms with Crippen LogP contribution in [0.1, 0.15) is 53.4 Å². The zero-order chi connectivity index (χ0) is 11.4. The smallest absolute Gasteiger partial charge is 0.0692 e. The lowest BCUT2D eigenvalue weighted by molar-refractivity contribution is 0.0180. The monoisotopic (exact) mass is 213 g/mol. The second-order valence-electron chi connectivity index (χ2n) is 5.28. The number of likely N-dealkylation sites (tertiary alicyclic amines) is 1. The largest absolute Gasteiger partial charge is 0.392 e. The van der Waals surface area contributed by atoms with Crippen LogP contribution >= 0.6 is 0 Å². The summed E-state index contributed by atoms with van der Waals surface area (Å²) >= 11 is 0. The Balaban J connectivity index is 2.47. The minimum Gasteiger partial charge on any atom is -0.392 e. The molecule has 0 aliphatic carbocycles. The van der Waals surface area contributed by atoms with Crippen LogP contribution in [0.4, 0.5) is 0 Å². The zero-order valence-electron chi connectivity index (χ0n) is 10.7. The van der Waals surface area contributed by atoms with Crippen LogP contribution in [0.2, 0.25) is 0 Å². The first kappa shape index (κ1) is 13.0. The van der Waals surface area contributed by atoms with Gasteiger partial charge in [-0.25, -0.2) is 0 Å². The predicted molar refractivity (Wildman–Crippen MR) is 64.9 cm³/mol. The van der Waals surface area contributed by atoms with Crippen molar-refractivity contribution < 1.29 is 5.11 Å². The molecule has 2 heteroatoms. The van der Waals surface area contributed by atoms with Crippen molar-refractivity contribution in [1.29, 1.82) is 0 Å². The van der Waals surface area contributed by atoms with Crippen molar-refractivity contribution in [2.24, 2.45) is 5.92 Å². The third kappa shape index (κ3) is 3.46. The first-order valence-electron chi connectivity index (χ1n) is 6.50. The first-order chi connectivity index (χ1) is 7.06. The van der Waals surface area contributed by atoms with E-state index in [1.54, 1.807) is 0 Å². The second kappa shape index (κ2) is 5.86. The lowest BCUT2D eigenvalue weighted by atomic mass is 9.94. The summed E-state index contributed by atoms with van der Waals surface area (Å²) in [7, 11) is 0. The second-order valence-corrected chi connectivity index (χ2v) is 5.28. The highest BCUT2D eigenvalue weighted by atomic mass is 16.3. The van der Waals surface area contributed by atoms with Crippen molar-refractivity contribution in [3.8, 4) is 0 Å². The highest BCUT2D eigenvalue weighted by Crippen LogP contribution is 2.23. The molecule has 0 spiro atoms. The fourth-order valence-electron chi connectivity index (χ4n) is 2.50. The van der Waals surface area contributed by atoms with Gasteiger partial charge in [-0.2, -0.15) is 0 Å². The summed E-state index contributed by atoms with van der Waals surface area (Å²) in [6, 6.07) is 1.29. The Morgan fingerprint density at radius 3 is 2.27 bits per heavy atom. The van der Waals surface area contributed by atoms with E-state index in [0.29, 0.717) is 18.0 Å². The van der Waals surface area contributed by atoms with Gasteiger partial charge in [0.05, 0.1) is 6.10 Å². The van der Waals surface area contributed by atoms with Crippen LogP contribution < -0.4 is 0 Å². The Labute approximate surface area is 94.7 Å². The summed E-state index contributed by atoms with van der Waals surface area (Å²) in [6.07, 6.45) is 4.84. The fourth-order valence-corrected chi connectivity index (χ4v) is 2.50. The average molecular weight is 213 g/mol. The molecule has 1 rings (SSSR count). The standard InChI is InChI=1S/C13H27NO/c1-5-10(2)13(15)9-14-11(3)7-6-8-12(14)4/h10-13,15H,5-9H2,1-4H3.